The first-order valence-corrected chi connectivity index (χ1v) is 18.8. The number of halogens is 1. The third-order valence-corrected chi connectivity index (χ3v) is 11.2. The quantitative estimate of drug-likeness (QED) is 0.274. The molecule has 1 unspecified atom stereocenters. The van der Waals surface area contributed by atoms with E-state index in [1.807, 2.05) is 20.8 Å². The molecule has 4 atom stereocenters. The summed E-state index contributed by atoms with van der Waals surface area (Å²) in [6.45, 7) is 5.72. The molecule has 3 saturated carbocycles. The third-order valence-electron chi connectivity index (χ3n) is 11.0. The summed E-state index contributed by atoms with van der Waals surface area (Å²) in [7, 11) is 0. The summed E-state index contributed by atoms with van der Waals surface area (Å²) in [6, 6.07) is -1.22. The van der Waals surface area contributed by atoms with Crippen LogP contribution in [0.1, 0.15) is 116 Å². The topological polar surface area (TPSA) is 159 Å². The number of oxime groups is 1. The van der Waals surface area contributed by atoms with Crippen molar-refractivity contribution in [1.82, 2.24) is 25.8 Å². The van der Waals surface area contributed by atoms with Crippen molar-refractivity contribution in [1.29, 1.82) is 0 Å². The molecular weight excluding hydrogens is 660 g/mol. The molecule has 12 nitrogen and oxygen atoms in total. The highest BCUT2D eigenvalue weighted by Gasteiger charge is 2.56. The lowest BCUT2D eigenvalue weighted by Gasteiger charge is -2.36. The van der Waals surface area contributed by atoms with E-state index in [2.05, 4.69) is 26.1 Å². The van der Waals surface area contributed by atoms with Gasteiger partial charge in [0.25, 0.3) is 5.91 Å². The molecule has 2 aliphatic heterocycles. The standard InChI is InChI=1S/C37H51ClN6O6/c1-36(2,3)32(42-30(45)15-23-8-5-4-6-9-23)35(49)44-21-37(17-28(43-50-37)24-16-25(38)20-39-19-24)18-29(44)33(47)41-27(14-22-10-7-11-22)31(46)34(48)40-26-12-13-26/h16,19-20,22-23,26-27,29,32H,4-15,17-18,21H2,1-3H3,(H,40,48)(H,41,47)(H,42,45)/t27-,29+,32+,37?/m1/s1. The third kappa shape index (κ3) is 8.66. The molecule has 1 aromatic heterocycles. The lowest BCUT2D eigenvalue weighted by Crippen LogP contribution is -2.59. The fraction of sp³-hybridized carbons (Fsp3) is 0.703. The van der Waals surface area contributed by atoms with Gasteiger partial charge in [-0.05, 0) is 55.4 Å². The number of likely N-dealkylation sites (tertiary alicyclic amines) is 1. The van der Waals surface area contributed by atoms with Gasteiger partial charge in [-0.3, -0.25) is 29.0 Å². The maximum atomic E-state index is 14.6. The van der Waals surface area contributed by atoms with Gasteiger partial charge in [0.2, 0.25) is 23.5 Å². The van der Waals surface area contributed by atoms with E-state index < -0.39 is 52.6 Å². The van der Waals surface area contributed by atoms with Crippen LogP contribution in [0.25, 0.3) is 0 Å². The van der Waals surface area contributed by atoms with Crippen LogP contribution in [-0.2, 0) is 28.8 Å². The van der Waals surface area contributed by atoms with Crippen LogP contribution in [0.2, 0.25) is 5.02 Å². The minimum atomic E-state index is -1.03. The Hall–Kier alpha value is -3.54. The highest BCUT2D eigenvalue weighted by atomic mass is 35.5. The highest BCUT2D eigenvalue weighted by molar-refractivity contribution is 6.38. The van der Waals surface area contributed by atoms with Crippen LogP contribution in [0.15, 0.2) is 23.6 Å². The number of hydrogen-bond donors (Lipinski definition) is 3. The van der Waals surface area contributed by atoms with Crippen molar-refractivity contribution in [2.24, 2.45) is 22.4 Å². The fourth-order valence-electron chi connectivity index (χ4n) is 7.75. The molecule has 6 rings (SSSR count). The molecule has 3 heterocycles. The molecule has 4 fully saturated rings. The number of nitrogens with one attached hydrogen (secondary N) is 3. The summed E-state index contributed by atoms with van der Waals surface area (Å²) in [5.74, 6) is -1.94. The van der Waals surface area contributed by atoms with Gasteiger partial charge >= 0.3 is 0 Å². The number of ketones is 1. The van der Waals surface area contributed by atoms with E-state index in [0.29, 0.717) is 41.5 Å². The van der Waals surface area contributed by atoms with E-state index in [1.54, 1.807) is 12.3 Å². The Morgan fingerprint density at radius 2 is 1.70 bits per heavy atom. The lowest BCUT2D eigenvalue weighted by atomic mass is 9.80. The van der Waals surface area contributed by atoms with Gasteiger partial charge in [-0.15, -0.1) is 0 Å². The number of hydrogen-bond acceptors (Lipinski definition) is 8. The number of nitrogens with zero attached hydrogens (tertiary/aromatic N) is 3. The van der Waals surface area contributed by atoms with Gasteiger partial charge in [0.1, 0.15) is 12.1 Å². The maximum absolute atomic E-state index is 14.6. The zero-order chi connectivity index (χ0) is 35.6. The Morgan fingerprint density at radius 3 is 2.34 bits per heavy atom. The molecule has 50 heavy (non-hydrogen) atoms. The number of carbonyl (C=O) groups excluding carboxylic acids is 5. The Labute approximate surface area is 299 Å². The molecule has 5 aliphatic rings. The van der Waals surface area contributed by atoms with Crippen molar-refractivity contribution in [2.75, 3.05) is 6.54 Å². The first-order chi connectivity index (χ1) is 23.8. The Morgan fingerprint density at radius 1 is 0.980 bits per heavy atom. The van der Waals surface area contributed by atoms with Gasteiger partial charge in [0.05, 0.1) is 23.3 Å². The molecule has 0 bridgehead atoms. The summed E-state index contributed by atoms with van der Waals surface area (Å²) in [4.78, 5) is 80.4. The summed E-state index contributed by atoms with van der Waals surface area (Å²) in [6.07, 6.45) is 14.3. The summed E-state index contributed by atoms with van der Waals surface area (Å²) in [5, 5.41) is 13.5. The molecule has 272 valence electrons. The average molecular weight is 711 g/mol. The van der Waals surface area contributed by atoms with Crippen LogP contribution in [0, 0.1) is 17.3 Å². The smallest absolute Gasteiger partial charge is 0.289 e. The van der Waals surface area contributed by atoms with E-state index in [4.69, 9.17) is 16.4 Å². The summed E-state index contributed by atoms with van der Waals surface area (Å²) >= 11 is 6.21. The van der Waals surface area contributed by atoms with E-state index in [0.717, 1.165) is 57.8 Å². The minimum absolute atomic E-state index is 0.000342. The second-order valence-electron chi connectivity index (χ2n) is 16.3. The highest BCUT2D eigenvalue weighted by Crippen LogP contribution is 2.40. The maximum Gasteiger partial charge on any atom is 0.289 e. The first kappa shape index (κ1) is 36.3. The molecule has 1 aromatic rings. The number of amides is 4. The summed E-state index contributed by atoms with van der Waals surface area (Å²) < 4.78 is 0. The molecule has 1 saturated heterocycles. The number of carbonyl (C=O) groups is 5. The SMILES string of the molecule is CC(C)(C)[C@@H](NC(=O)CC1CCCCC1)C(=O)N1CC2(CC(c3cncc(Cl)c3)=NO2)C[C@H]1C(=O)N[C@H](CC1CCC1)C(=O)C(=O)NC1CC1. The predicted molar refractivity (Wildman–Crippen MR) is 187 cm³/mol. The van der Waals surface area contributed by atoms with Crippen LogP contribution in [0.3, 0.4) is 0 Å². The monoisotopic (exact) mass is 710 g/mol. The largest absolute Gasteiger partial charge is 0.387 e. The van der Waals surface area contributed by atoms with Crippen molar-refractivity contribution >= 4 is 46.7 Å². The molecular formula is C37H51ClN6O6. The number of Topliss-reactive ketones (excluding diaryl/α,β-unsaturated/α-hetero) is 1. The second-order valence-corrected chi connectivity index (χ2v) is 16.8. The van der Waals surface area contributed by atoms with E-state index >= 15 is 0 Å². The van der Waals surface area contributed by atoms with E-state index in [1.165, 1.54) is 17.5 Å². The van der Waals surface area contributed by atoms with Gasteiger partial charge in [0, 0.05) is 43.3 Å². The van der Waals surface area contributed by atoms with Crippen molar-refractivity contribution in [3.8, 4) is 0 Å². The average Bonchev–Trinajstić information content (AvgIpc) is 3.65. The molecule has 1 spiro atoms. The van der Waals surface area contributed by atoms with Gasteiger partial charge < -0.3 is 25.7 Å². The molecule has 0 aromatic carbocycles. The van der Waals surface area contributed by atoms with Crippen molar-refractivity contribution in [2.45, 2.75) is 140 Å². The number of pyridine rings is 1. The number of rotatable bonds is 12. The van der Waals surface area contributed by atoms with Crippen LogP contribution in [0.4, 0.5) is 0 Å². The normalized spacial score (nSPS) is 25.2. The minimum Gasteiger partial charge on any atom is -0.387 e. The zero-order valence-electron chi connectivity index (χ0n) is 29.5. The van der Waals surface area contributed by atoms with E-state index in [-0.39, 0.29) is 30.8 Å². The molecule has 0 radical (unpaired) electrons. The lowest BCUT2D eigenvalue weighted by molar-refractivity contribution is -0.145. The van der Waals surface area contributed by atoms with Gasteiger partial charge in [-0.2, -0.15) is 0 Å². The van der Waals surface area contributed by atoms with Crippen LogP contribution in [-0.4, -0.2) is 81.3 Å². The molecule has 4 amide bonds. The second kappa shape index (κ2) is 15.0. The summed E-state index contributed by atoms with van der Waals surface area (Å²) in [5.41, 5.74) is -0.433. The van der Waals surface area contributed by atoms with Gasteiger partial charge in [-0.1, -0.05) is 76.1 Å². The van der Waals surface area contributed by atoms with Crippen molar-refractivity contribution in [3.63, 3.8) is 0 Å². The van der Waals surface area contributed by atoms with Crippen molar-refractivity contribution in [3.05, 3.63) is 29.0 Å². The Bertz CT molecular complexity index is 1510. The molecule has 3 aliphatic carbocycles. The fourth-order valence-corrected chi connectivity index (χ4v) is 7.92. The molecule has 3 N–H and O–H groups in total. The zero-order valence-corrected chi connectivity index (χ0v) is 30.2. The van der Waals surface area contributed by atoms with Crippen LogP contribution >= 0.6 is 11.6 Å². The molecule has 13 heteroatoms. The number of aromatic nitrogens is 1. The van der Waals surface area contributed by atoms with Gasteiger partial charge in [-0.25, -0.2) is 0 Å². The van der Waals surface area contributed by atoms with E-state index in [9.17, 15) is 24.0 Å². The van der Waals surface area contributed by atoms with Crippen LogP contribution in [0.5, 0.6) is 0 Å². The Kier molecular flexibility index (Phi) is 10.9. The Balaban J connectivity index is 1.24. The van der Waals surface area contributed by atoms with Crippen molar-refractivity contribution < 1.29 is 28.8 Å². The van der Waals surface area contributed by atoms with Gasteiger partial charge in [0.15, 0.2) is 5.60 Å². The van der Waals surface area contributed by atoms with Crippen LogP contribution < -0.4 is 16.0 Å². The predicted octanol–water partition coefficient (Wildman–Crippen LogP) is 4.22. The first-order valence-electron chi connectivity index (χ1n) is 18.4.